The topological polar surface area (TPSA) is 128 Å². The first-order valence-corrected chi connectivity index (χ1v) is 14.2. The summed E-state index contributed by atoms with van der Waals surface area (Å²) in [6, 6.07) is 20.2. The molecule has 0 saturated heterocycles. The summed E-state index contributed by atoms with van der Waals surface area (Å²) in [4.78, 5) is 52.8. The Morgan fingerprint density at radius 1 is 0.952 bits per heavy atom. The van der Waals surface area contributed by atoms with Crippen molar-refractivity contribution in [2.24, 2.45) is 5.92 Å². The summed E-state index contributed by atoms with van der Waals surface area (Å²) in [6.07, 6.45) is 0.529. The van der Waals surface area contributed by atoms with E-state index in [-0.39, 0.29) is 31.4 Å². The first-order valence-electron chi connectivity index (χ1n) is 13.4. The van der Waals surface area contributed by atoms with Gasteiger partial charge in [0.15, 0.2) is 6.61 Å². The second-order valence-electron chi connectivity index (χ2n) is 10.00. The molecule has 0 radical (unpaired) electrons. The molecular formula is C31H35BrN4O6. The summed E-state index contributed by atoms with van der Waals surface area (Å²) in [5, 5.41) is 14.2. The molecule has 0 bridgehead atoms. The minimum Gasteiger partial charge on any atom is -0.482 e. The van der Waals surface area contributed by atoms with Crippen LogP contribution in [0.4, 0.5) is 21.9 Å². The summed E-state index contributed by atoms with van der Waals surface area (Å²) < 4.78 is 6.76. The molecule has 3 aromatic carbocycles. The third-order valence-electron chi connectivity index (χ3n) is 6.25. The van der Waals surface area contributed by atoms with Crippen molar-refractivity contribution in [1.29, 1.82) is 0 Å². The maximum atomic E-state index is 13.4. The van der Waals surface area contributed by atoms with E-state index >= 15 is 0 Å². The van der Waals surface area contributed by atoms with E-state index in [0.29, 0.717) is 47.3 Å². The molecule has 0 aromatic heterocycles. The molecule has 0 spiro atoms. The maximum absolute atomic E-state index is 13.4. The first-order chi connectivity index (χ1) is 20.0. The van der Waals surface area contributed by atoms with Crippen LogP contribution >= 0.6 is 15.9 Å². The molecule has 0 aliphatic carbocycles. The lowest BCUT2D eigenvalue weighted by atomic mass is 10.1. The molecule has 3 rings (SSSR count). The van der Waals surface area contributed by atoms with Crippen molar-refractivity contribution < 1.29 is 29.0 Å². The second kappa shape index (κ2) is 15.6. The van der Waals surface area contributed by atoms with Gasteiger partial charge in [-0.05, 0) is 60.4 Å². The molecule has 3 N–H and O–H groups in total. The van der Waals surface area contributed by atoms with Gasteiger partial charge in [0, 0.05) is 29.4 Å². The third kappa shape index (κ3) is 9.91. The van der Waals surface area contributed by atoms with Gasteiger partial charge in [-0.15, -0.1) is 0 Å². The Morgan fingerprint density at radius 2 is 1.69 bits per heavy atom. The largest absolute Gasteiger partial charge is 0.482 e. The van der Waals surface area contributed by atoms with Crippen LogP contribution in [0.15, 0.2) is 77.3 Å². The number of hydrogen-bond acceptors (Lipinski definition) is 5. The number of para-hydroxylation sites is 2. The van der Waals surface area contributed by atoms with E-state index in [9.17, 15) is 19.2 Å². The Kier molecular flexibility index (Phi) is 11.9. The van der Waals surface area contributed by atoms with E-state index in [4.69, 9.17) is 9.84 Å². The zero-order chi connectivity index (χ0) is 30.6. The van der Waals surface area contributed by atoms with Crippen LogP contribution in [0.3, 0.4) is 0 Å². The number of likely N-dealkylation sites (N-methyl/N-ethyl adjacent to an activating group) is 1. The first kappa shape index (κ1) is 32.1. The monoisotopic (exact) mass is 638 g/mol. The van der Waals surface area contributed by atoms with Gasteiger partial charge in [-0.3, -0.25) is 14.4 Å². The van der Waals surface area contributed by atoms with Gasteiger partial charge in [0.05, 0.1) is 18.7 Å². The van der Waals surface area contributed by atoms with Gasteiger partial charge in [-0.1, -0.05) is 60.1 Å². The molecule has 0 fully saturated rings. The number of carboxylic acid groups (broad SMARTS) is 1. The van der Waals surface area contributed by atoms with E-state index in [1.54, 1.807) is 60.5 Å². The zero-order valence-corrected chi connectivity index (χ0v) is 25.4. The minimum atomic E-state index is -0.978. The van der Waals surface area contributed by atoms with Gasteiger partial charge in [-0.25, -0.2) is 4.79 Å². The van der Waals surface area contributed by atoms with E-state index < -0.39 is 12.0 Å². The van der Waals surface area contributed by atoms with Crippen molar-refractivity contribution in [2.75, 3.05) is 41.9 Å². The molecule has 0 atom stereocenters. The van der Waals surface area contributed by atoms with E-state index in [1.165, 1.54) is 4.90 Å². The number of halogens is 1. The molecule has 0 unspecified atom stereocenters. The predicted molar refractivity (Wildman–Crippen MR) is 166 cm³/mol. The van der Waals surface area contributed by atoms with Gasteiger partial charge in [-0.2, -0.15) is 0 Å². The molecule has 10 nitrogen and oxygen atoms in total. The summed E-state index contributed by atoms with van der Waals surface area (Å²) in [5.74, 6) is -0.935. The minimum absolute atomic E-state index is 0.173. The second-order valence-corrected chi connectivity index (χ2v) is 10.9. The molecule has 42 heavy (non-hydrogen) atoms. The number of nitrogens with zero attached hydrogens (tertiary/aromatic N) is 2. The number of aliphatic carboxylic acids is 1. The van der Waals surface area contributed by atoms with E-state index in [0.717, 1.165) is 4.47 Å². The van der Waals surface area contributed by atoms with Crippen LogP contribution < -0.4 is 25.2 Å². The number of carboxylic acids is 1. The van der Waals surface area contributed by atoms with Crippen LogP contribution in [-0.2, 0) is 20.8 Å². The van der Waals surface area contributed by atoms with Gasteiger partial charge >= 0.3 is 12.0 Å². The molecule has 3 aromatic rings. The molecule has 0 aliphatic heterocycles. The Hall–Kier alpha value is -4.38. The van der Waals surface area contributed by atoms with E-state index in [2.05, 4.69) is 26.6 Å². The summed E-state index contributed by atoms with van der Waals surface area (Å²) in [6.45, 7) is 3.94. The highest BCUT2D eigenvalue weighted by atomic mass is 79.9. The average molecular weight is 640 g/mol. The number of rotatable bonds is 13. The molecular weight excluding hydrogens is 604 g/mol. The third-order valence-corrected chi connectivity index (χ3v) is 6.74. The fourth-order valence-corrected chi connectivity index (χ4v) is 4.38. The number of benzene rings is 3. The Labute approximate surface area is 253 Å². The maximum Gasteiger partial charge on any atom is 0.319 e. The molecule has 11 heteroatoms. The molecule has 0 aliphatic rings. The van der Waals surface area contributed by atoms with Gasteiger partial charge in [0.1, 0.15) is 5.75 Å². The quantitative estimate of drug-likeness (QED) is 0.232. The normalized spacial score (nSPS) is 10.6. The van der Waals surface area contributed by atoms with Crippen LogP contribution in [0.2, 0.25) is 0 Å². The lowest BCUT2D eigenvalue weighted by Crippen LogP contribution is -2.42. The smallest absolute Gasteiger partial charge is 0.319 e. The average Bonchev–Trinajstić information content (AvgIpc) is 2.94. The highest BCUT2D eigenvalue weighted by molar-refractivity contribution is 9.10. The number of anilines is 3. The summed E-state index contributed by atoms with van der Waals surface area (Å²) in [5.41, 5.74) is 2.14. The number of carbonyl (C=O) groups is 4. The Balaban J connectivity index is 1.68. The van der Waals surface area contributed by atoms with E-state index in [1.807, 2.05) is 38.1 Å². The van der Waals surface area contributed by atoms with Crippen molar-refractivity contribution in [3.8, 4) is 5.75 Å². The highest BCUT2D eigenvalue weighted by Crippen LogP contribution is 2.29. The number of amides is 4. The number of urea groups is 1. The number of carbonyl (C=O) groups excluding carboxylic acids is 3. The molecule has 0 saturated carbocycles. The zero-order valence-electron chi connectivity index (χ0n) is 23.8. The Bertz CT molecular complexity index is 1410. The van der Waals surface area contributed by atoms with Gasteiger partial charge < -0.3 is 30.3 Å². The lowest BCUT2D eigenvalue weighted by molar-refractivity contribution is -0.136. The van der Waals surface area contributed by atoms with Crippen molar-refractivity contribution in [3.05, 3.63) is 82.8 Å². The fraction of sp³-hybridized carbons (Fsp3) is 0.290. The fourth-order valence-electron chi connectivity index (χ4n) is 3.99. The standard InChI is InChI=1S/C31H35BrN4O6/c1-21(2)14-15-36(28(37)19-33-31(41)34-24-10-6-8-22(16-24)17-30(39)40)26-12-4-5-13-27(26)42-20-29(38)35(3)25-11-7-9-23(32)18-25/h4-13,16,18,21H,14-15,17,19-20H2,1-3H3,(H,39,40)(H2,33,34,41). The van der Waals surface area contributed by atoms with Crippen molar-refractivity contribution in [1.82, 2.24) is 5.32 Å². The lowest BCUT2D eigenvalue weighted by Gasteiger charge is -2.26. The Morgan fingerprint density at radius 3 is 2.40 bits per heavy atom. The number of ether oxygens (including phenoxy) is 1. The highest BCUT2D eigenvalue weighted by Gasteiger charge is 2.22. The van der Waals surface area contributed by atoms with Crippen molar-refractivity contribution in [2.45, 2.75) is 26.7 Å². The van der Waals surface area contributed by atoms with Crippen LogP contribution in [0, 0.1) is 5.92 Å². The van der Waals surface area contributed by atoms with Crippen LogP contribution in [-0.4, -0.2) is 55.7 Å². The van der Waals surface area contributed by atoms with Gasteiger partial charge in [0.2, 0.25) is 5.91 Å². The summed E-state index contributed by atoms with van der Waals surface area (Å²) in [7, 11) is 1.66. The summed E-state index contributed by atoms with van der Waals surface area (Å²) >= 11 is 3.41. The number of nitrogens with one attached hydrogen (secondary N) is 2. The predicted octanol–water partition coefficient (Wildman–Crippen LogP) is 5.32. The van der Waals surface area contributed by atoms with Crippen molar-refractivity contribution in [3.63, 3.8) is 0 Å². The molecule has 222 valence electrons. The van der Waals surface area contributed by atoms with Gasteiger partial charge in [0.25, 0.3) is 5.91 Å². The molecule has 4 amide bonds. The molecule has 0 heterocycles. The number of hydrogen-bond donors (Lipinski definition) is 3. The van der Waals surface area contributed by atoms with Crippen LogP contribution in [0.5, 0.6) is 5.75 Å². The van der Waals surface area contributed by atoms with Crippen molar-refractivity contribution >= 4 is 56.8 Å². The SMILES string of the molecule is CC(C)CCN(C(=O)CNC(=O)Nc1cccc(CC(=O)O)c1)c1ccccc1OCC(=O)N(C)c1cccc(Br)c1. The van der Waals surface area contributed by atoms with Crippen LogP contribution in [0.1, 0.15) is 25.8 Å². The van der Waals surface area contributed by atoms with Crippen LogP contribution in [0.25, 0.3) is 0 Å².